The van der Waals surface area contributed by atoms with E-state index in [0.29, 0.717) is 0 Å². The molecule has 0 radical (unpaired) electrons. The quantitative estimate of drug-likeness (QED) is 0.661. The molecule has 1 nitrogen and oxygen atoms in total. The first-order valence-corrected chi connectivity index (χ1v) is 6.27. The molecule has 1 aliphatic rings. The average Bonchev–Trinajstić information content (AvgIpc) is 2.50. The lowest BCUT2D eigenvalue weighted by Crippen LogP contribution is -2.22. The Morgan fingerprint density at radius 2 is 2.33 bits per heavy atom. The van der Waals surface area contributed by atoms with Crippen LogP contribution in [0.15, 0.2) is 0 Å². The van der Waals surface area contributed by atoms with Gasteiger partial charge >= 0.3 is 0 Å². The van der Waals surface area contributed by atoms with Gasteiger partial charge in [0.2, 0.25) is 0 Å². The monoisotopic (exact) mass is 233 g/mol. The number of rotatable bonds is 5. The van der Waals surface area contributed by atoms with E-state index >= 15 is 0 Å². The van der Waals surface area contributed by atoms with Crippen LogP contribution in [0, 0.1) is 5.92 Å². The predicted octanol–water partition coefficient (Wildman–Crippen LogP) is 2.89. The van der Waals surface area contributed by atoms with Crippen molar-refractivity contribution < 1.29 is 0 Å². The van der Waals surface area contributed by atoms with E-state index in [1.165, 1.54) is 45.3 Å². The van der Waals surface area contributed by atoms with Gasteiger partial charge in [-0.15, -0.1) is 0 Å². The van der Waals surface area contributed by atoms with Crippen molar-refractivity contribution in [1.82, 2.24) is 4.90 Å². The van der Waals surface area contributed by atoms with Crippen molar-refractivity contribution in [1.29, 1.82) is 0 Å². The summed E-state index contributed by atoms with van der Waals surface area (Å²) < 4.78 is 0. The van der Waals surface area contributed by atoms with Crippen molar-refractivity contribution in [2.75, 3.05) is 25.0 Å². The fraction of sp³-hybridized carbons (Fsp3) is 1.00. The molecule has 1 rings (SSSR count). The Morgan fingerprint density at radius 3 is 3.00 bits per heavy atom. The first-order chi connectivity index (χ1) is 5.86. The maximum absolute atomic E-state index is 3.48. The van der Waals surface area contributed by atoms with E-state index in [9.17, 15) is 0 Å². The van der Waals surface area contributed by atoms with Gasteiger partial charge in [0.15, 0.2) is 0 Å². The van der Waals surface area contributed by atoms with Crippen LogP contribution in [0.3, 0.4) is 0 Å². The Balaban J connectivity index is 2.08. The van der Waals surface area contributed by atoms with Crippen LogP contribution in [0.25, 0.3) is 0 Å². The second-order valence-corrected chi connectivity index (χ2v) is 4.58. The zero-order valence-electron chi connectivity index (χ0n) is 8.06. The van der Waals surface area contributed by atoms with Gasteiger partial charge in [0.05, 0.1) is 0 Å². The van der Waals surface area contributed by atoms with Crippen LogP contribution in [-0.4, -0.2) is 29.9 Å². The summed E-state index contributed by atoms with van der Waals surface area (Å²) in [6.45, 7) is 6.30. The molecule has 1 saturated heterocycles. The van der Waals surface area contributed by atoms with Crippen molar-refractivity contribution in [3.05, 3.63) is 0 Å². The standard InChI is InChI=1S/C10H20BrN/c1-2-4-10-5-8-12(9-10)7-3-6-11/h10H,2-9H2,1H3. The predicted molar refractivity (Wildman–Crippen MR) is 57.9 cm³/mol. The summed E-state index contributed by atoms with van der Waals surface area (Å²) in [7, 11) is 0. The zero-order valence-corrected chi connectivity index (χ0v) is 9.65. The molecule has 0 aromatic heterocycles. The molecule has 0 spiro atoms. The van der Waals surface area contributed by atoms with Gasteiger partial charge in [0.25, 0.3) is 0 Å². The van der Waals surface area contributed by atoms with Crippen LogP contribution >= 0.6 is 15.9 Å². The normalized spacial score (nSPS) is 25.0. The molecule has 0 N–H and O–H groups in total. The highest BCUT2D eigenvalue weighted by atomic mass is 79.9. The lowest BCUT2D eigenvalue weighted by molar-refractivity contribution is 0.322. The Bertz CT molecular complexity index is 116. The molecule has 1 unspecified atom stereocenters. The molecule has 0 aromatic rings. The molecule has 1 heterocycles. The number of halogens is 1. The highest BCUT2D eigenvalue weighted by molar-refractivity contribution is 9.09. The summed E-state index contributed by atoms with van der Waals surface area (Å²) in [6, 6.07) is 0. The third kappa shape index (κ3) is 3.44. The molecule has 0 bridgehead atoms. The Morgan fingerprint density at radius 1 is 1.50 bits per heavy atom. The fourth-order valence-corrected chi connectivity index (χ4v) is 2.29. The van der Waals surface area contributed by atoms with Gasteiger partial charge in [0.1, 0.15) is 0 Å². The molecule has 2 heteroatoms. The number of likely N-dealkylation sites (tertiary alicyclic amines) is 1. The minimum atomic E-state index is 1.00. The molecule has 0 amide bonds. The molecule has 0 saturated carbocycles. The molecule has 0 aromatic carbocycles. The van der Waals surface area contributed by atoms with Crippen LogP contribution in [-0.2, 0) is 0 Å². The van der Waals surface area contributed by atoms with Gasteiger partial charge in [-0.3, -0.25) is 0 Å². The minimum Gasteiger partial charge on any atom is -0.303 e. The van der Waals surface area contributed by atoms with E-state index in [0.717, 1.165) is 11.2 Å². The SMILES string of the molecule is CCCC1CCN(CCCBr)C1. The largest absolute Gasteiger partial charge is 0.303 e. The lowest BCUT2D eigenvalue weighted by Gasteiger charge is -2.14. The van der Waals surface area contributed by atoms with Gasteiger partial charge in [-0.1, -0.05) is 29.3 Å². The highest BCUT2D eigenvalue weighted by Gasteiger charge is 2.20. The Kier molecular flexibility index (Phi) is 5.24. The fourth-order valence-electron chi connectivity index (χ4n) is 2.04. The average molecular weight is 234 g/mol. The van der Waals surface area contributed by atoms with E-state index in [4.69, 9.17) is 0 Å². The number of alkyl halides is 1. The summed E-state index contributed by atoms with van der Waals surface area (Å²) in [5.41, 5.74) is 0. The Labute approximate surface area is 84.6 Å². The van der Waals surface area contributed by atoms with Crippen molar-refractivity contribution in [3.63, 3.8) is 0 Å². The molecular formula is C10H20BrN. The summed E-state index contributed by atoms with van der Waals surface area (Å²) >= 11 is 3.48. The smallest absolute Gasteiger partial charge is 0.00434 e. The minimum absolute atomic E-state index is 1.00. The van der Waals surface area contributed by atoms with E-state index in [1.807, 2.05) is 0 Å². The van der Waals surface area contributed by atoms with Gasteiger partial charge < -0.3 is 4.90 Å². The molecular weight excluding hydrogens is 214 g/mol. The van der Waals surface area contributed by atoms with Crippen molar-refractivity contribution in [2.45, 2.75) is 32.6 Å². The van der Waals surface area contributed by atoms with Gasteiger partial charge in [-0.05, 0) is 38.3 Å². The van der Waals surface area contributed by atoms with Crippen molar-refractivity contribution in [2.24, 2.45) is 5.92 Å². The van der Waals surface area contributed by atoms with Gasteiger partial charge in [-0.25, -0.2) is 0 Å². The van der Waals surface area contributed by atoms with Crippen LogP contribution in [0.5, 0.6) is 0 Å². The van der Waals surface area contributed by atoms with Crippen LogP contribution in [0.4, 0.5) is 0 Å². The van der Waals surface area contributed by atoms with E-state index in [1.54, 1.807) is 0 Å². The number of hydrogen-bond donors (Lipinski definition) is 0. The summed E-state index contributed by atoms with van der Waals surface area (Å²) in [5, 5.41) is 1.15. The van der Waals surface area contributed by atoms with E-state index in [-0.39, 0.29) is 0 Å². The summed E-state index contributed by atoms with van der Waals surface area (Å²) in [5.74, 6) is 1.00. The first-order valence-electron chi connectivity index (χ1n) is 5.15. The highest BCUT2D eigenvalue weighted by Crippen LogP contribution is 2.20. The Hall–Kier alpha value is 0.440. The third-order valence-corrected chi connectivity index (χ3v) is 3.24. The molecule has 0 aliphatic carbocycles. The molecule has 1 atom stereocenters. The summed E-state index contributed by atoms with van der Waals surface area (Å²) in [4.78, 5) is 2.61. The molecule has 1 aliphatic heterocycles. The van der Waals surface area contributed by atoms with Gasteiger partial charge in [-0.2, -0.15) is 0 Å². The van der Waals surface area contributed by atoms with Crippen LogP contribution in [0.1, 0.15) is 32.6 Å². The molecule has 72 valence electrons. The first kappa shape index (κ1) is 10.5. The maximum Gasteiger partial charge on any atom is 0.00434 e. The number of hydrogen-bond acceptors (Lipinski definition) is 1. The van der Waals surface area contributed by atoms with E-state index in [2.05, 4.69) is 27.8 Å². The van der Waals surface area contributed by atoms with Crippen molar-refractivity contribution >= 4 is 15.9 Å². The number of nitrogens with zero attached hydrogens (tertiary/aromatic N) is 1. The van der Waals surface area contributed by atoms with E-state index < -0.39 is 0 Å². The third-order valence-electron chi connectivity index (χ3n) is 2.67. The lowest BCUT2D eigenvalue weighted by atomic mass is 10.0. The summed E-state index contributed by atoms with van der Waals surface area (Å²) in [6.07, 6.45) is 5.54. The second kappa shape index (κ2) is 5.98. The van der Waals surface area contributed by atoms with Crippen LogP contribution < -0.4 is 0 Å². The second-order valence-electron chi connectivity index (χ2n) is 3.79. The molecule has 12 heavy (non-hydrogen) atoms. The molecule has 1 fully saturated rings. The topological polar surface area (TPSA) is 3.24 Å². The zero-order chi connectivity index (χ0) is 8.81. The van der Waals surface area contributed by atoms with Crippen LogP contribution in [0.2, 0.25) is 0 Å². The van der Waals surface area contributed by atoms with Gasteiger partial charge in [0, 0.05) is 11.9 Å². The maximum atomic E-state index is 3.48. The van der Waals surface area contributed by atoms with Crippen molar-refractivity contribution in [3.8, 4) is 0 Å².